The Morgan fingerprint density at radius 1 is 1.22 bits per heavy atom. The third-order valence-electron chi connectivity index (χ3n) is 3.60. The average molecular weight is 313 g/mol. The van der Waals surface area contributed by atoms with Crippen LogP contribution in [0.4, 0.5) is 5.82 Å². The Labute approximate surface area is 135 Å². The van der Waals surface area contributed by atoms with Crippen LogP contribution < -0.4 is 19.7 Å². The molecule has 1 amide bonds. The lowest BCUT2D eigenvalue weighted by atomic mass is 10.1. The summed E-state index contributed by atoms with van der Waals surface area (Å²) in [6.07, 6.45) is 2.37. The highest BCUT2D eigenvalue weighted by atomic mass is 16.7. The fourth-order valence-electron chi connectivity index (χ4n) is 2.32. The molecule has 120 valence electrons. The highest BCUT2D eigenvalue weighted by molar-refractivity contribution is 5.94. The van der Waals surface area contributed by atoms with Crippen LogP contribution in [-0.4, -0.2) is 38.3 Å². The molecule has 3 rings (SSSR count). The summed E-state index contributed by atoms with van der Waals surface area (Å²) in [5.41, 5.74) is 1.70. The van der Waals surface area contributed by atoms with Gasteiger partial charge < -0.3 is 19.7 Å². The van der Waals surface area contributed by atoms with Crippen molar-refractivity contribution in [3.8, 4) is 11.5 Å². The normalized spacial score (nSPS) is 12.1. The Kier molecular flexibility index (Phi) is 4.32. The Morgan fingerprint density at radius 2 is 2.04 bits per heavy atom. The first-order valence-electron chi connectivity index (χ1n) is 7.43. The molecule has 0 saturated carbocycles. The Balaban J connectivity index is 1.56. The van der Waals surface area contributed by atoms with Crippen LogP contribution in [0.2, 0.25) is 0 Å². The molecule has 23 heavy (non-hydrogen) atoms. The van der Waals surface area contributed by atoms with E-state index >= 15 is 0 Å². The average Bonchev–Trinajstić information content (AvgIpc) is 3.02. The maximum Gasteiger partial charge on any atom is 0.251 e. The van der Waals surface area contributed by atoms with Crippen molar-refractivity contribution in [1.29, 1.82) is 0 Å². The van der Waals surface area contributed by atoms with Crippen molar-refractivity contribution in [2.24, 2.45) is 0 Å². The minimum absolute atomic E-state index is 0.101. The summed E-state index contributed by atoms with van der Waals surface area (Å²) in [5.74, 6) is 2.19. The fraction of sp³-hybridized carbons (Fsp3) is 0.294. The molecule has 1 N–H and O–H groups in total. The van der Waals surface area contributed by atoms with Gasteiger partial charge in [0.15, 0.2) is 11.5 Å². The summed E-state index contributed by atoms with van der Waals surface area (Å²) >= 11 is 0. The van der Waals surface area contributed by atoms with Crippen LogP contribution in [0.5, 0.6) is 11.5 Å². The standard InChI is InChI=1S/C17H19N3O3/c1-20(2)16-10-13(6-8-18-16)17(21)19-7-5-12-3-4-14-15(9-12)23-11-22-14/h3-4,6,8-10H,5,7,11H2,1-2H3,(H,19,21). The van der Waals surface area contributed by atoms with Gasteiger partial charge in [0.05, 0.1) is 0 Å². The molecule has 0 fully saturated rings. The smallest absolute Gasteiger partial charge is 0.251 e. The number of rotatable bonds is 5. The first-order chi connectivity index (χ1) is 11.1. The molecular weight excluding hydrogens is 294 g/mol. The van der Waals surface area contributed by atoms with Gasteiger partial charge in [-0.15, -0.1) is 0 Å². The van der Waals surface area contributed by atoms with Gasteiger partial charge in [-0.2, -0.15) is 0 Å². The summed E-state index contributed by atoms with van der Waals surface area (Å²) in [5, 5.41) is 2.92. The molecule has 0 spiro atoms. The van der Waals surface area contributed by atoms with Crippen molar-refractivity contribution < 1.29 is 14.3 Å². The lowest BCUT2D eigenvalue weighted by Crippen LogP contribution is -2.26. The fourth-order valence-corrected chi connectivity index (χ4v) is 2.32. The van der Waals surface area contributed by atoms with Gasteiger partial charge in [-0.25, -0.2) is 4.98 Å². The molecule has 1 aromatic carbocycles. The molecule has 0 saturated heterocycles. The molecule has 6 heteroatoms. The van der Waals surface area contributed by atoms with Crippen molar-refractivity contribution in [2.45, 2.75) is 6.42 Å². The molecule has 0 radical (unpaired) electrons. The first-order valence-corrected chi connectivity index (χ1v) is 7.43. The summed E-state index contributed by atoms with van der Waals surface area (Å²) in [6.45, 7) is 0.823. The number of carbonyl (C=O) groups is 1. The van der Waals surface area contributed by atoms with Gasteiger partial charge in [0.2, 0.25) is 6.79 Å². The van der Waals surface area contributed by atoms with E-state index in [1.165, 1.54) is 0 Å². The molecule has 0 atom stereocenters. The monoisotopic (exact) mass is 313 g/mol. The maximum absolute atomic E-state index is 12.2. The van der Waals surface area contributed by atoms with Gasteiger partial charge in [-0.3, -0.25) is 4.79 Å². The Morgan fingerprint density at radius 3 is 2.87 bits per heavy atom. The van der Waals surface area contributed by atoms with Gasteiger partial charge in [-0.1, -0.05) is 6.07 Å². The van der Waals surface area contributed by atoms with E-state index in [1.54, 1.807) is 18.3 Å². The zero-order valence-corrected chi connectivity index (χ0v) is 13.2. The van der Waals surface area contributed by atoms with Gasteiger partial charge in [0.1, 0.15) is 5.82 Å². The SMILES string of the molecule is CN(C)c1cc(C(=O)NCCc2ccc3c(c2)OCO3)ccn1. The molecule has 0 bridgehead atoms. The van der Waals surface area contributed by atoms with Crippen molar-refractivity contribution >= 4 is 11.7 Å². The number of carbonyl (C=O) groups excluding carboxylic acids is 1. The van der Waals surface area contributed by atoms with E-state index < -0.39 is 0 Å². The van der Waals surface area contributed by atoms with Gasteiger partial charge in [0, 0.05) is 32.4 Å². The predicted molar refractivity (Wildman–Crippen MR) is 87.2 cm³/mol. The van der Waals surface area contributed by atoms with E-state index in [9.17, 15) is 4.79 Å². The maximum atomic E-state index is 12.2. The van der Waals surface area contributed by atoms with Gasteiger partial charge >= 0.3 is 0 Å². The Hall–Kier alpha value is -2.76. The lowest BCUT2D eigenvalue weighted by Gasteiger charge is -2.12. The molecule has 1 aromatic heterocycles. The van der Waals surface area contributed by atoms with Crippen LogP contribution in [0.3, 0.4) is 0 Å². The highest BCUT2D eigenvalue weighted by Gasteiger charge is 2.13. The highest BCUT2D eigenvalue weighted by Crippen LogP contribution is 2.32. The molecule has 6 nitrogen and oxygen atoms in total. The van der Waals surface area contributed by atoms with Crippen molar-refractivity contribution in [3.05, 3.63) is 47.7 Å². The predicted octanol–water partition coefficient (Wildman–Crippen LogP) is 1.85. The lowest BCUT2D eigenvalue weighted by molar-refractivity contribution is 0.0954. The number of pyridine rings is 1. The van der Waals surface area contributed by atoms with Crippen molar-refractivity contribution in [3.63, 3.8) is 0 Å². The number of benzene rings is 1. The third kappa shape index (κ3) is 3.53. The second-order valence-corrected chi connectivity index (χ2v) is 5.49. The quantitative estimate of drug-likeness (QED) is 0.912. The topological polar surface area (TPSA) is 63.7 Å². The van der Waals surface area contributed by atoms with Crippen LogP contribution in [0.25, 0.3) is 0 Å². The summed E-state index contributed by atoms with van der Waals surface area (Å²) in [6, 6.07) is 9.31. The molecule has 2 heterocycles. The zero-order valence-electron chi connectivity index (χ0n) is 13.2. The van der Waals surface area contributed by atoms with Gasteiger partial charge in [-0.05, 0) is 36.2 Å². The van der Waals surface area contributed by atoms with Crippen LogP contribution in [0.15, 0.2) is 36.5 Å². The molecule has 0 aliphatic carbocycles. The molecular formula is C17H19N3O3. The Bertz CT molecular complexity index is 716. The van der Waals surface area contributed by atoms with E-state index in [0.29, 0.717) is 12.1 Å². The summed E-state index contributed by atoms with van der Waals surface area (Å²) in [7, 11) is 3.79. The van der Waals surface area contributed by atoms with E-state index in [1.807, 2.05) is 37.2 Å². The third-order valence-corrected chi connectivity index (χ3v) is 3.60. The van der Waals surface area contributed by atoms with E-state index in [-0.39, 0.29) is 12.7 Å². The number of fused-ring (bicyclic) bond motifs is 1. The second kappa shape index (κ2) is 6.56. The number of nitrogens with zero attached hydrogens (tertiary/aromatic N) is 2. The van der Waals surface area contributed by atoms with E-state index in [0.717, 1.165) is 29.3 Å². The zero-order chi connectivity index (χ0) is 16.2. The second-order valence-electron chi connectivity index (χ2n) is 5.49. The number of ether oxygens (including phenoxy) is 2. The van der Waals surface area contributed by atoms with Crippen LogP contribution >= 0.6 is 0 Å². The number of amides is 1. The van der Waals surface area contributed by atoms with Crippen LogP contribution in [-0.2, 0) is 6.42 Å². The number of aromatic nitrogens is 1. The van der Waals surface area contributed by atoms with E-state index in [4.69, 9.17) is 9.47 Å². The first kappa shape index (κ1) is 15.1. The number of hydrogen-bond donors (Lipinski definition) is 1. The molecule has 1 aliphatic rings. The number of hydrogen-bond acceptors (Lipinski definition) is 5. The summed E-state index contributed by atoms with van der Waals surface area (Å²) < 4.78 is 10.6. The molecule has 1 aliphatic heterocycles. The van der Waals surface area contributed by atoms with Gasteiger partial charge in [0.25, 0.3) is 5.91 Å². The van der Waals surface area contributed by atoms with Crippen LogP contribution in [0, 0.1) is 0 Å². The minimum atomic E-state index is -0.101. The van der Waals surface area contributed by atoms with Crippen molar-refractivity contribution in [2.75, 3.05) is 32.3 Å². The minimum Gasteiger partial charge on any atom is -0.454 e. The molecule has 2 aromatic rings. The summed E-state index contributed by atoms with van der Waals surface area (Å²) in [4.78, 5) is 18.3. The van der Waals surface area contributed by atoms with E-state index in [2.05, 4.69) is 10.3 Å². The molecule has 0 unspecified atom stereocenters. The van der Waals surface area contributed by atoms with Crippen molar-refractivity contribution in [1.82, 2.24) is 10.3 Å². The number of nitrogens with one attached hydrogen (secondary N) is 1. The number of anilines is 1. The largest absolute Gasteiger partial charge is 0.454 e. The van der Waals surface area contributed by atoms with Crippen LogP contribution in [0.1, 0.15) is 15.9 Å².